The molecule has 1 unspecified atom stereocenters. The second-order valence-electron chi connectivity index (χ2n) is 9.87. The van der Waals surface area contributed by atoms with Gasteiger partial charge in [-0.2, -0.15) is 0 Å². The molecule has 0 aromatic rings. The molecule has 4 aliphatic carbocycles. The summed E-state index contributed by atoms with van der Waals surface area (Å²) < 4.78 is 0. The Morgan fingerprint density at radius 1 is 0.909 bits per heavy atom. The smallest absolute Gasteiger partial charge is 0.0487 e. The monoisotopic (exact) mass is 306 g/mol. The van der Waals surface area contributed by atoms with Crippen LogP contribution in [0, 0.1) is 39.9 Å². The number of aliphatic hydroxyl groups is 2. The Kier molecular flexibility index (Phi) is 3.48. The van der Waals surface area contributed by atoms with Crippen LogP contribution < -0.4 is 0 Å². The predicted molar refractivity (Wildman–Crippen MR) is 88.3 cm³/mol. The summed E-state index contributed by atoms with van der Waals surface area (Å²) >= 11 is 0. The summed E-state index contributed by atoms with van der Waals surface area (Å²) in [6.45, 7) is 5.70. The maximum Gasteiger partial charge on any atom is 0.0487 e. The summed E-state index contributed by atoms with van der Waals surface area (Å²) in [4.78, 5) is 0. The van der Waals surface area contributed by atoms with Gasteiger partial charge in [0.2, 0.25) is 0 Å². The van der Waals surface area contributed by atoms with Gasteiger partial charge in [0.1, 0.15) is 0 Å². The van der Waals surface area contributed by atoms with Crippen molar-refractivity contribution in [2.45, 2.75) is 71.6 Å². The van der Waals surface area contributed by atoms with Crippen LogP contribution in [0.5, 0.6) is 0 Å². The molecule has 0 radical (unpaired) electrons. The molecule has 4 fully saturated rings. The Balaban J connectivity index is 1.69. The number of fused-ring (bicyclic) bond motifs is 3. The number of aliphatic hydroxyl groups excluding tert-OH is 2. The maximum absolute atomic E-state index is 10.1. The summed E-state index contributed by atoms with van der Waals surface area (Å²) in [5.41, 5.74) is 1.12. The van der Waals surface area contributed by atoms with Crippen LogP contribution in [-0.4, -0.2) is 23.4 Å². The lowest BCUT2D eigenvalue weighted by Crippen LogP contribution is -2.57. The topological polar surface area (TPSA) is 40.5 Å². The second kappa shape index (κ2) is 4.96. The van der Waals surface area contributed by atoms with Crippen LogP contribution >= 0.6 is 0 Å². The molecule has 2 heteroatoms. The first-order valence-electron chi connectivity index (χ1n) is 9.69. The van der Waals surface area contributed by atoms with E-state index in [2.05, 4.69) is 13.8 Å². The SMILES string of the molecule is C[C@@]1(CO)CCC[C@]2(C)[C@@H]1CC[C@@]13CC(CC[C@H]12)[C@@H](CO)C3. The molecule has 0 amide bonds. The average molecular weight is 306 g/mol. The van der Waals surface area contributed by atoms with Gasteiger partial charge in [-0.3, -0.25) is 0 Å². The van der Waals surface area contributed by atoms with E-state index in [-0.39, 0.29) is 5.41 Å². The summed E-state index contributed by atoms with van der Waals surface area (Å²) in [6.07, 6.45) is 12.0. The minimum absolute atomic E-state index is 0.153. The molecule has 4 rings (SSSR count). The van der Waals surface area contributed by atoms with Crippen LogP contribution in [-0.2, 0) is 0 Å². The van der Waals surface area contributed by atoms with E-state index in [0.717, 1.165) is 11.8 Å². The van der Waals surface area contributed by atoms with Gasteiger partial charge in [-0.1, -0.05) is 20.3 Å². The Morgan fingerprint density at radius 3 is 2.45 bits per heavy atom. The Morgan fingerprint density at radius 2 is 1.73 bits per heavy atom. The lowest BCUT2D eigenvalue weighted by atomic mass is 9.41. The molecule has 0 saturated heterocycles. The molecule has 2 bridgehead atoms. The minimum atomic E-state index is 0.153. The quantitative estimate of drug-likeness (QED) is 0.809. The molecular weight excluding hydrogens is 272 g/mol. The van der Waals surface area contributed by atoms with E-state index in [1.807, 2.05) is 0 Å². The molecule has 4 saturated carbocycles. The summed E-state index contributed by atoms with van der Waals surface area (Å²) in [6, 6.07) is 0. The van der Waals surface area contributed by atoms with Crippen molar-refractivity contribution in [3.63, 3.8) is 0 Å². The molecule has 0 aromatic carbocycles. The van der Waals surface area contributed by atoms with E-state index in [1.54, 1.807) is 0 Å². The van der Waals surface area contributed by atoms with Crippen molar-refractivity contribution in [2.24, 2.45) is 39.9 Å². The van der Waals surface area contributed by atoms with Crippen LogP contribution in [0.3, 0.4) is 0 Å². The summed E-state index contributed by atoms with van der Waals surface area (Å²) in [5, 5.41) is 19.9. The Bertz CT molecular complexity index is 449. The molecule has 4 aliphatic rings. The van der Waals surface area contributed by atoms with Crippen molar-refractivity contribution in [1.29, 1.82) is 0 Å². The fourth-order valence-corrected chi connectivity index (χ4v) is 8.13. The zero-order valence-electron chi connectivity index (χ0n) is 14.5. The van der Waals surface area contributed by atoms with Gasteiger partial charge in [-0.15, -0.1) is 0 Å². The maximum atomic E-state index is 10.1. The van der Waals surface area contributed by atoms with Crippen molar-refractivity contribution in [2.75, 3.05) is 13.2 Å². The number of hydrogen-bond acceptors (Lipinski definition) is 2. The summed E-state index contributed by atoms with van der Waals surface area (Å²) in [7, 11) is 0. The molecule has 22 heavy (non-hydrogen) atoms. The normalized spacial score (nSPS) is 57.3. The van der Waals surface area contributed by atoms with Crippen LogP contribution in [0.15, 0.2) is 0 Å². The van der Waals surface area contributed by atoms with Crippen molar-refractivity contribution < 1.29 is 10.2 Å². The van der Waals surface area contributed by atoms with Crippen molar-refractivity contribution in [3.05, 3.63) is 0 Å². The van der Waals surface area contributed by atoms with Gasteiger partial charge in [0.15, 0.2) is 0 Å². The van der Waals surface area contributed by atoms with Crippen LogP contribution in [0.2, 0.25) is 0 Å². The van der Waals surface area contributed by atoms with E-state index in [9.17, 15) is 10.2 Å². The van der Waals surface area contributed by atoms with Gasteiger partial charge in [-0.25, -0.2) is 0 Å². The molecule has 1 spiro atoms. The standard InChI is InChI=1S/C20H34O2/c1-18(13-22)7-3-8-19(2)16(18)6-9-20-10-14(4-5-17(19)20)15(11-20)12-21/h14-17,21-22H,3-13H2,1-2H3/t14?,15-,16-,17+,18+,19-,20+/m1/s1. The first kappa shape index (κ1) is 15.4. The fourth-order valence-electron chi connectivity index (χ4n) is 8.13. The summed E-state index contributed by atoms with van der Waals surface area (Å²) in [5.74, 6) is 2.93. The third-order valence-corrected chi connectivity index (χ3v) is 8.99. The van der Waals surface area contributed by atoms with Crippen LogP contribution in [0.1, 0.15) is 71.6 Å². The van der Waals surface area contributed by atoms with E-state index >= 15 is 0 Å². The molecule has 0 aromatic heterocycles. The van der Waals surface area contributed by atoms with Crippen molar-refractivity contribution in [1.82, 2.24) is 0 Å². The number of hydrogen-bond donors (Lipinski definition) is 2. The average Bonchev–Trinajstić information content (AvgIpc) is 2.77. The van der Waals surface area contributed by atoms with E-state index in [1.165, 1.54) is 57.8 Å². The lowest BCUT2D eigenvalue weighted by molar-refractivity contribution is -0.159. The van der Waals surface area contributed by atoms with Crippen LogP contribution in [0.25, 0.3) is 0 Å². The van der Waals surface area contributed by atoms with Gasteiger partial charge in [0.25, 0.3) is 0 Å². The highest BCUT2D eigenvalue weighted by Crippen LogP contribution is 2.72. The molecule has 0 aliphatic heterocycles. The van der Waals surface area contributed by atoms with Gasteiger partial charge in [0, 0.05) is 13.2 Å². The van der Waals surface area contributed by atoms with E-state index in [0.29, 0.717) is 35.9 Å². The Labute approximate surface area is 135 Å². The Hall–Kier alpha value is -0.0800. The molecule has 2 N–H and O–H groups in total. The van der Waals surface area contributed by atoms with E-state index < -0.39 is 0 Å². The largest absolute Gasteiger partial charge is 0.396 e. The third kappa shape index (κ3) is 1.86. The zero-order chi connectivity index (χ0) is 15.6. The van der Waals surface area contributed by atoms with Crippen LogP contribution in [0.4, 0.5) is 0 Å². The van der Waals surface area contributed by atoms with Gasteiger partial charge in [0.05, 0.1) is 0 Å². The van der Waals surface area contributed by atoms with Gasteiger partial charge >= 0.3 is 0 Å². The highest BCUT2D eigenvalue weighted by molar-refractivity contribution is 5.13. The predicted octanol–water partition coefficient (Wildman–Crippen LogP) is 4.00. The van der Waals surface area contributed by atoms with Crippen molar-refractivity contribution in [3.8, 4) is 0 Å². The molecular formula is C20H34O2. The van der Waals surface area contributed by atoms with Gasteiger partial charge < -0.3 is 10.2 Å². The van der Waals surface area contributed by atoms with Gasteiger partial charge in [-0.05, 0) is 91.3 Å². The van der Waals surface area contributed by atoms with E-state index in [4.69, 9.17) is 0 Å². The zero-order valence-corrected chi connectivity index (χ0v) is 14.5. The third-order valence-electron chi connectivity index (χ3n) is 8.99. The molecule has 126 valence electrons. The first-order chi connectivity index (χ1) is 10.5. The highest BCUT2D eigenvalue weighted by atomic mass is 16.3. The molecule has 7 atom stereocenters. The lowest BCUT2D eigenvalue weighted by Gasteiger charge is -2.64. The number of rotatable bonds is 2. The highest BCUT2D eigenvalue weighted by Gasteiger charge is 2.64. The minimum Gasteiger partial charge on any atom is -0.396 e. The molecule has 0 heterocycles. The fraction of sp³-hybridized carbons (Fsp3) is 1.00. The molecule has 2 nitrogen and oxygen atoms in total. The van der Waals surface area contributed by atoms with Crippen molar-refractivity contribution >= 4 is 0 Å². The second-order valence-corrected chi connectivity index (χ2v) is 9.87. The first-order valence-corrected chi connectivity index (χ1v) is 9.69.